The van der Waals surface area contributed by atoms with Gasteiger partial charge in [0.15, 0.2) is 0 Å². The van der Waals surface area contributed by atoms with Crippen LogP contribution in [0.4, 0.5) is 4.39 Å². The van der Waals surface area contributed by atoms with Gasteiger partial charge in [-0.05, 0) is 25.8 Å². The zero-order valence-electron chi connectivity index (χ0n) is 12.8. The Hall–Kier alpha value is -2.16. The predicted octanol–water partition coefficient (Wildman–Crippen LogP) is 1.46. The first kappa shape index (κ1) is 15.4. The van der Waals surface area contributed by atoms with Crippen LogP contribution in [-0.4, -0.2) is 34.8 Å². The monoisotopic (exact) mass is 435 g/mol. The molecule has 122 valence electrons. The van der Waals surface area contributed by atoms with Gasteiger partial charge in [-0.1, -0.05) is 20.7 Å². The fourth-order valence-electron chi connectivity index (χ4n) is 2.73. The van der Waals surface area contributed by atoms with E-state index in [1.54, 1.807) is 18.7 Å². The van der Waals surface area contributed by atoms with E-state index in [-0.39, 0.29) is 20.7 Å². The molecule has 0 saturated carbocycles. The summed E-state index contributed by atoms with van der Waals surface area (Å²) in [5.74, 6) is 0.782. The molecule has 0 atom stereocenters. The molecule has 0 aromatic carbocycles. The lowest BCUT2D eigenvalue weighted by Crippen LogP contribution is -2.31. The van der Waals surface area contributed by atoms with Crippen LogP contribution in [0.15, 0.2) is 37.2 Å². The number of imidazole rings is 2. The molecule has 1 aliphatic rings. The molecular weight excluding hydrogens is 420 g/mol. The van der Waals surface area contributed by atoms with E-state index in [2.05, 4.69) is 24.1 Å². The van der Waals surface area contributed by atoms with Crippen molar-refractivity contribution in [2.45, 2.75) is 13.1 Å². The summed E-state index contributed by atoms with van der Waals surface area (Å²) < 4.78 is 21.4. The van der Waals surface area contributed by atoms with Crippen molar-refractivity contribution in [2.24, 2.45) is 0 Å². The molecule has 0 amide bonds. The molecule has 5 nitrogen and oxygen atoms in total. The Kier molecular flexibility index (Phi) is 4.33. The minimum absolute atomic E-state index is 0.109. The lowest BCUT2D eigenvalue weighted by Gasteiger charge is -2.08. The highest BCUT2D eigenvalue weighted by Crippen LogP contribution is 2.17. The van der Waals surface area contributed by atoms with Crippen molar-refractivity contribution in [3.05, 3.63) is 53.4 Å². The molecule has 1 aliphatic heterocycles. The number of pyridine rings is 1. The molecule has 0 aliphatic carbocycles. The molecule has 3 aromatic rings. The molecule has 0 unspecified atom stereocenters. The van der Waals surface area contributed by atoms with Gasteiger partial charge in [-0.25, -0.2) is 14.4 Å². The third-order valence-electron chi connectivity index (χ3n) is 3.78. The van der Waals surface area contributed by atoms with E-state index in [0.29, 0.717) is 13.1 Å². The average molecular weight is 435 g/mol. The van der Waals surface area contributed by atoms with Crippen LogP contribution < -0.4 is 10.7 Å². The topological polar surface area (TPSA) is 48.5 Å². The lowest BCUT2D eigenvalue weighted by molar-refractivity contribution is 0.444. The van der Waals surface area contributed by atoms with Crippen LogP contribution in [0.5, 0.6) is 0 Å². The summed E-state index contributed by atoms with van der Waals surface area (Å²) >= 11 is -0.109. The summed E-state index contributed by atoms with van der Waals surface area (Å²) in [6.45, 7) is 0.604. The molecular formula is C17H15FIN5. The van der Waals surface area contributed by atoms with Crippen molar-refractivity contribution in [3.63, 3.8) is 0 Å². The highest BCUT2D eigenvalue weighted by atomic mass is 127. The van der Waals surface area contributed by atoms with Gasteiger partial charge in [0.05, 0.1) is 30.1 Å². The molecule has 24 heavy (non-hydrogen) atoms. The smallest absolute Gasteiger partial charge is 0.142 e. The zero-order valence-corrected chi connectivity index (χ0v) is 15.0. The van der Waals surface area contributed by atoms with Crippen LogP contribution in [0.25, 0.3) is 21.5 Å². The van der Waals surface area contributed by atoms with Crippen molar-refractivity contribution >= 4 is 34.9 Å². The van der Waals surface area contributed by atoms with Gasteiger partial charge in [0.25, 0.3) is 0 Å². The Balaban J connectivity index is 1.78. The Morgan fingerprint density at radius 3 is 3.00 bits per heavy atom. The number of halogens is 2. The van der Waals surface area contributed by atoms with Crippen molar-refractivity contribution < 1.29 is 4.39 Å². The molecule has 4 rings (SSSR count). The van der Waals surface area contributed by atoms with Gasteiger partial charge in [0.1, 0.15) is 12.5 Å². The minimum atomic E-state index is -0.409. The first-order chi connectivity index (χ1) is 11.8. The van der Waals surface area contributed by atoms with Crippen molar-refractivity contribution in [3.8, 4) is 11.4 Å². The number of aromatic nitrogens is 5. The lowest BCUT2D eigenvalue weighted by atomic mass is 10.2. The predicted molar refractivity (Wildman–Crippen MR) is 101 cm³/mol. The van der Waals surface area contributed by atoms with Crippen LogP contribution in [0, 0.1) is 0 Å². The van der Waals surface area contributed by atoms with Crippen molar-refractivity contribution in [1.29, 1.82) is 0 Å². The van der Waals surface area contributed by atoms with Gasteiger partial charge in [0.2, 0.25) is 0 Å². The summed E-state index contributed by atoms with van der Waals surface area (Å²) in [6.07, 6.45) is 11.1. The van der Waals surface area contributed by atoms with E-state index >= 15 is 0 Å². The van der Waals surface area contributed by atoms with E-state index in [1.807, 2.05) is 27.6 Å². The van der Waals surface area contributed by atoms with Crippen LogP contribution in [0.1, 0.15) is 5.56 Å². The van der Waals surface area contributed by atoms with Gasteiger partial charge in [-0.3, -0.25) is 4.98 Å². The number of fused-ring (bicyclic) bond motifs is 1. The summed E-state index contributed by atoms with van der Waals surface area (Å²) in [5, 5.41) is 1.96. The van der Waals surface area contributed by atoms with Crippen LogP contribution in [0.2, 0.25) is 0 Å². The number of hydrogen-bond donors (Lipinski definition) is 0. The second-order valence-corrected chi connectivity index (χ2v) is 7.45. The second-order valence-electron chi connectivity index (χ2n) is 5.39. The SMILES string of the molecule is FCCn1c(-c2cncc(Cn3ccnc3)c2)nc2c1=CI=CC=2. The van der Waals surface area contributed by atoms with E-state index in [9.17, 15) is 4.39 Å². The maximum Gasteiger partial charge on any atom is 0.142 e. The largest absolute Gasteiger partial charge is 0.333 e. The Morgan fingerprint density at radius 2 is 2.17 bits per heavy atom. The fraction of sp³-hybridized carbons (Fsp3) is 0.176. The summed E-state index contributed by atoms with van der Waals surface area (Å²) in [6, 6.07) is 2.06. The Bertz CT molecular complexity index is 1000. The number of alkyl halides is 1. The molecule has 0 radical (unpaired) electrons. The molecule has 0 N–H and O–H groups in total. The number of nitrogens with zero attached hydrogens (tertiary/aromatic N) is 5. The maximum absolute atomic E-state index is 13.1. The summed E-state index contributed by atoms with van der Waals surface area (Å²) in [4.78, 5) is 13.1. The van der Waals surface area contributed by atoms with Gasteiger partial charge in [0, 0.05) is 30.4 Å². The molecule has 0 spiro atoms. The highest BCUT2D eigenvalue weighted by Gasteiger charge is 2.12. The van der Waals surface area contributed by atoms with Gasteiger partial charge < -0.3 is 9.13 Å². The Labute approximate surface area is 148 Å². The maximum atomic E-state index is 13.1. The molecule has 3 aromatic heterocycles. The molecule has 4 heterocycles. The summed E-state index contributed by atoms with van der Waals surface area (Å²) in [7, 11) is 0. The zero-order chi connectivity index (χ0) is 16.4. The minimum Gasteiger partial charge on any atom is -0.333 e. The van der Waals surface area contributed by atoms with E-state index in [0.717, 1.165) is 27.6 Å². The number of rotatable bonds is 5. The van der Waals surface area contributed by atoms with Crippen molar-refractivity contribution in [2.75, 3.05) is 6.67 Å². The van der Waals surface area contributed by atoms with Gasteiger partial charge in [-0.15, -0.1) is 0 Å². The van der Waals surface area contributed by atoms with E-state index < -0.39 is 6.67 Å². The van der Waals surface area contributed by atoms with Gasteiger partial charge in [-0.2, -0.15) is 0 Å². The van der Waals surface area contributed by atoms with Crippen LogP contribution >= 0.6 is 20.7 Å². The third kappa shape index (κ3) is 2.95. The first-order valence-electron chi connectivity index (χ1n) is 7.53. The molecule has 0 fully saturated rings. The van der Waals surface area contributed by atoms with Crippen LogP contribution in [-0.2, 0) is 13.1 Å². The first-order valence-corrected chi connectivity index (χ1v) is 10.0. The number of hydrogen-bond acceptors (Lipinski definition) is 3. The van der Waals surface area contributed by atoms with E-state index in [4.69, 9.17) is 4.98 Å². The van der Waals surface area contributed by atoms with Crippen molar-refractivity contribution in [1.82, 2.24) is 24.1 Å². The standard InChI is InChI=1S/C17H15FIN5/c18-2-5-24-16-8-19-3-1-15(16)22-17(24)14-7-13(9-21-10-14)11-23-6-4-20-12-23/h1,3-4,6-10,12H,2,5,11H2. The quantitative estimate of drug-likeness (QED) is 0.571. The molecule has 0 bridgehead atoms. The van der Waals surface area contributed by atoms with E-state index in [1.165, 1.54) is 0 Å². The normalized spacial score (nSPS) is 12.9. The van der Waals surface area contributed by atoms with Gasteiger partial charge >= 0.3 is 0 Å². The fourth-order valence-corrected chi connectivity index (χ4v) is 4.48. The summed E-state index contributed by atoms with van der Waals surface area (Å²) in [5.41, 5.74) is 1.97. The van der Waals surface area contributed by atoms with Crippen LogP contribution in [0.3, 0.4) is 0 Å². The second kappa shape index (κ2) is 6.76. The highest BCUT2D eigenvalue weighted by molar-refractivity contribution is 14.2. The molecule has 0 saturated heterocycles. The Morgan fingerprint density at radius 1 is 1.21 bits per heavy atom. The third-order valence-corrected chi connectivity index (χ3v) is 5.51. The average Bonchev–Trinajstić information content (AvgIpc) is 3.24. The molecule has 7 heteroatoms.